The third-order valence-corrected chi connectivity index (χ3v) is 5.12. The highest BCUT2D eigenvalue weighted by Crippen LogP contribution is 2.38. The minimum Gasteiger partial charge on any atom is -0.378 e. The SMILES string of the molecule is CC(=O)Nc1cc(C(F)(F)F)c(-c2nc(N3CCOCC3)cc(N3CCOCC3)n2)cn1. The molecule has 1 amide bonds. The molecule has 2 saturated heterocycles. The first-order valence-electron chi connectivity index (χ1n) is 10.2. The molecule has 0 aromatic carbocycles. The number of nitrogens with one attached hydrogen (secondary N) is 1. The molecule has 9 nitrogen and oxygen atoms in total. The van der Waals surface area contributed by atoms with E-state index >= 15 is 0 Å². The van der Waals surface area contributed by atoms with Crippen LogP contribution in [0.15, 0.2) is 18.3 Å². The highest BCUT2D eigenvalue weighted by atomic mass is 19.4. The lowest BCUT2D eigenvalue weighted by molar-refractivity contribution is -0.137. The number of hydrogen-bond acceptors (Lipinski definition) is 8. The number of halogens is 3. The van der Waals surface area contributed by atoms with Crippen LogP contribution in [0.4, 0.5) is 30.6 Å². The Kier molecular flexibility index (Phi) is 6.42. The Balaban J connectivity index is 1.81. The van der Waals surface area contributed by atoms with Crippen LogP contribution >= 0.6 is 0 Å². The fourth-order valence-electron chi connectivity index (χ4n) is 3.57. The van der Waals surface area contributed by atoms with E-state index in [1.165, 1.54) is 6.92 Å². The van der Waals surface area contributed by atoms with Crippen molar-refractivity contribution >= 4 is 23.4 Å². The van der Waals surface area contributed by atoms with Crippen molar-refractivity contribution in [3.05, 3.63) is 23.9 Å². The van der Waals surface area contributed by atoms with E-state index in [1.54, 1.807) is 6.07 Å². The molecule has 172 valence electrons. The molecule has 2 fully saturated rings. The van der Waals surface area contributed by atoms with Gasteiger partial charge in [0.2, 0.25) is 5.91 Å². The third kappa shape index (κ3) is 5.07. The van der Waals surface area contributed by atoms with E-state index in [-0.39, 0.29) is 17.2 Å². The van der Waals surface area contributed by atoms with Crippen LogP contribution in [0.1, 0.15) is 12.5 Å². The van der Waals surface area contributed by atoms with Crippen LogP contribution in [0.3, 0.4) is 0 Å². The first-order chi connectivity index (χ1) is 15.3. The maximum absolute atomic E-state index is 13.9. The Bertz CT molecular complexity index is 939. The van der Waals surface area contributed by atoms with Gasteiger partial charge in [-0.2, -0.15) is 13.2 Å². The van der Waals surface area contributed by atoms with E-state index in [2.05, 4.69) is 20.3 Å². The molecule has 0 atom stereocenters. The fraction of sp³-hybridized carbons (Fsp3) is 0.500. The van der Waals surface area contributed by atoms with Crippen molar-refractivity contribution < 1.29 is 27.4 Å². The number of pyridine rings is 1. The smallest absolute Gasteiger partial charge is 0.378 e. The third-order valence-electron chi connectivity index (χ3n) is 5.12. The van der Waals surface area contributed by atoms with Gasteiger partial charge in [0.1, 0.15) is 17.5 Å². The molecule has 0 saturated carbocycles. The van der Waals surface area contributed by atoms with Crippen molar-refractivity contribution in [2.75, 3.05) is 67.7 Å². The van der Waals surface area contributed by atoms with Gasteiger partial charge < -0.3 is 24.6 Å². The Labute approximate surface area is 182 Å². The van der Waals surface area contributed by atoms with Crippen LogP contribution in [0.5, 0.6) is 0 Å². The Morgan fingerprint density at radius 2 is 1.50 bits per heavy atom. The van der Waals surface area contributed by atoms with Gasteiger partial charge in [-0.25, -0.2) is 15.0 Å². The van der Waals surface area contributed by atoms with Gasteiger partial charge >= 0.3 is 6.18 Å². The second-order valence-corrected chi connectivity index (χ2v) is 7.40. The van der Waals surface area contributed by atoms with Crippen LogP contribution in [-0.4, -0.2) is 73.5 Å². The molecular formula is C20H23F3N6O3. The summed E-state index contributed by atoms with van der Waals surface area (Å²) in [5.74, 6) is 0.271. The van der Waals surface area contributed by atoms with Crippen molar-refractivity contribution in [3.63, 3.8) is 0 Å². The number of morpholine rings is 2. The van der Waals surface area contributed by atoms with E-state index in [9.17, 15) is 18.0 Å². The predicted octanol–water partition coefficient (Wildman–Crippen LogP) is 2.19. The lowest BCUT2D eigenvalue weighted by atomic mass is 10.1. The summed E-state index contributed by atoms with van der Waals surface area (Å²) in [4.78, 5) is 28.1. The molecule has 4 heterocycles. The van der Waals surface area contributed by atoms with Gasteiger partial charge in [0, 0.05) is 45.4 Å². The number of amides is 1. The van der Waals surface area contributed by atoms with Crippen LogP contribution in [-0.2, 0) is 20.4 Å². The average Bonchev–Trinajstić information content (AvgIpc) is 2.79. The molecule has 0 unspecified atom stereocenters. The van der Waals surface area contributed by atoms with E-state index < -0.39 is 17.6 Å². The number of hydrogen-bond donors (Lipinski definition) is 1. The molecule has 1 N–H and O–H groups in total. The van der Waals surface area contributed by atoms with Crippen molar-refractivity contribution in [2.24, 2.45) is 0 Å². The summed E-state index contributed by atoms with van der Waals surface area (Å²) in [6.07, 6.45) is -3.64. The van der Waals surface area contributed by atoms with Crippen LogP contribution in [0.2, 0.25) is 0 Å². The van der Waals surface area contributed by atoms with Crippen molar-refractivity contribution in [3.8, 4) is 11.4 Å². The van der Waals surface area contributed by atoms with E-state index in [1.807, 2.05) is 9.80 Å². The van der Waals surface area contributed by atoms with E-state index in [0.29, 0.717) is 64.2 Å². The van der Waals surface area contributed by atoms with Crippen LogP contribution in [0.25, 0.3) is 11.4 Å². The zero-order valence-electron chi connectivity index (χ0n) is 17.5. The maximum atomic E-state index is 13.9. The predicted molar refractivity (Wildman–Crippen MR) is 111 cm³/mol. The second-order valence-electron chi connectivity index (χ2n) is 7.40. The van der Waals surface area contributed by atoms with Gasteiger partial charge in [0.25, 0.3) is 0 Å². The fourth-order valence-corrected chi connectivity index (χ4v) is 3.57. The highest BCUT2D eigenvalue weighted by molar-refractivity contribution is 5.88. The monoisotopic (exact) mass is 452 g/mol. The molecular weight excluding hydrogens is 429 g/mol. The zero-order valence-corrected chi connectivity index (χ0v) is 17.5. The summed E-state index contributed by atoms with van der Waals surface area (Å²) < 4.78 is 52.5. The Morgan fingerprint density at radius 3 is 1.97 bits per heavy atom. The van der Waals surface area contributed by atoms with Crippen molar-refractivity contribution in [1.82, 2.24) is 15.0 Å². The summed E-state index contributed by atoms with van der Waals surface area (Å²) >= 11 is 0. The molecule has 2 aliphatic rings. The number of nitrogens with zero attached hydrogens (tertiary/aromatic N) is 5. The number of ether oxygens (including phenoxy) is 2. The summed E-state index contributed by atoms with van der Waals surface area (Å²) in [6, 6.07) is 2.59. The maximum Gasteiger partial charge on any atom is 0.417 e. The van der Waals surface area contributed by atoms with Gasteiger partial charge in [-0.1, -0.05) is 0 Å². The average molecular weight is 452 g/mol. The molecule has 0 aliphatic carbocycles. The number of carbonyl (C=O) groups excluding carboxylic acids is 1. The molecule has 0 radical (unpaired) electrons. The topological polar surface area (TPSA) is 92.7 Å². The Morgan fingerprint density at radius 1 is 0.969 bits per heavy atom. The molecule has 32 heavy (non-hydrogen) atoms. The van der Waals surface area contributed by atoms with Gasteiger partial charge in [-0.3, -0.25) is 4.79 Å². The summed E-state index contributed by atoms with van der Waals surface area (Å²) in [6.45, 7) is 5.53. The van der Waals surface area contributed by atoms with Crippen LogP contribution < -0.4 is 15.1 Å². The molecule has 4 rings (SSSR count). The van der Waals surface area contributed by atoms with E-state index in [0.717, 1.165) is 12.3 Å². The lowest BCUT2D eigenvalue weighted by Crippen LogP contribution is -2.39. The molecule has 2 aromatic rings. The second kappa shape index (κ2) is 9.25. The van der Waals surface area contributed by atoms with Gasteiger partial charge in [-0.05, 0) is 6.07 Å². The molecule has 0 bridgehead atoms. The molecule has 2 aliphatic heterocycles. The summed E-state index contributed by atoms with van der Waals surface area (Å²) in [7, 11) is 0. The summed E-state index contributed by atoms with van der Waals surface area (Å²) in [5.41, 5.74) is -1.22. The van der Waals surface area contributed by atoms with E-state index in [4.69, 9.17) is 9.47 Å². The zero-order chi connectivity index (χ0) is 22.7. The highest BCUT2D eigenvalue weighted by Gasteiger charge is 2.36. The van der Waals surface area contributed by atoms with Crippen molar-refractivity contribution in [2.45, 2.75) is 13.1 Å². The molecule has 2 aromatic heterocycles. The molecule has 0 spiro atoms. The van der Waals surface area contributed by atoms with Crippen LogP contribution in [0, 0.1) is 0 Å². The minimum atomic E-state index is -4.69. The largest absolute Gasteiger partial charge is 0.417 e. The normalized spacial score (nSPS) is 17.4. The number of anilines is 3. The Hall–Kier alpha value is -2.99. The lowest BCUT2D eigenvalue weighted by Gasteiger charge is -2.31. The van der Waals surface area contributed by atoms with Gasteiger partial charge in [-0.15, -0.1) is 0 Å². The van der Waals surface area contributed by atoms with Gasteiger partial charge in [0.15, 0.2) is 5.82 Å². The number of alkyl halides is 3. The molecule has 12 heteroatoms. The first kappa shape index (κ1) is 22.2. The number of carbonyl (C=O) groups is 1. The quantitative estimate of drug-likeness (QED) is 0.755. The first-order valence-corrected chi connectivity index (χ1v) is 10.2. The van der Waals surface area contributed by atoms with Crippen molar-refractivity contribution in [1.29, 1.82) is 0 Å². The number of rotatable bonds is 4. The van der Waals surface area contributed by atoms with Gasteiger partial charge in [0.05, 0.1) is 37.6 Å². The minimum absolute atomic E-state index is 0.0790. The number of aromatic nitrogens is 3. The standard InChI is InChI=1S/C20H23F3N6O3/c1-13(30)25-16-10-15(20(21,22)23)14(12-24-16)19-26-17(28-2-6-31-7-3-28)11-18(27-19)29-4-8-32-9-5-29/h10-12H,2-9H2,1H3,(H,24,25,30). The summed E-state index contributed by atoms with van der Waals surface area (Å²) in [5, 5.41) is 2.29.